The summed E-state index contributed by atoms with van der Waals surface area (Å²) in [6, 6.07) is 0. The van der Waals surface area contributed by atoms with E-state index in [0.717, 1.165) is 0 Å². The molecule has 18 heavy (non-hydrogen) atoms. The molecule has 0 aromatic heterocycles. The van der Waals surface area contributed by atoms with Gasteiger partial charge in [-0.1, -0.05) is 29.7 Å². The van der Waals surface area contributed by atoms with Gasteiger partial charge in [-0.3, -0.25) is 9.59 Å². The van der Waals surface area contributed by atoms with E-state index in [1.165, 1.54) is 0 Å². The Labute approximate surface area is 113 Å². The van der Waals surface area contributed by atoms with Crippen molar-refractivity contribution in [1.29, 1.82) is 0 Å². The van der Waals surface area contributed by atoms with Crippen LogP contribution in [-0.2, 0) is 19.1 Å². The summed E-state index contributed by atoms with van der Waals surface area (Å²) in [6.45, 7) is 4.36. The second-order valence-corrected chi connectivity index (χ2v) is 3.37. The first-order valence-electron chi connectivity index (χ1n) is 5.02. The summed E-state index contributed by atoms with van der Waals surface area (Å²) in [5.41, 5.74) is 0. The summed E-state index contributed by atoms with van der Waals surface area (Å²) in [4.78, 5) is 22.4. The van der Waals surface area contributed by atoms with Crippen LogP contribution in [0.25, 0.3) is 0 Å². The Hall–Kier alpha value is -1.06. The van der Waals surface area contributed by atoms with E-state index < -0.39 is 0 Å². The van der Waals surface area contributed by atoms with Crippen LogP contribution >= 0.6 is 0 Å². The number of carbonyl (C=O) groups excluding carboxylic acids is 2. The fourth-order valence-electron chi connectivity index (χ4n) is 1.52. The molecular formula is C14H32O4. The predicted octanol–water partition coefficient (Wildman–Crippen LogP) is 3.68. The van der Waals surface area contributed by atoms with Crippen LogP contribution in [0.2, 0.25) is 0 Å². The highest BCUT2D eigenvalue weighted by Gasteiger charge is 2.40. The number of hydrogen-bond acceptors (Lipinski definition) is 4. The van der Waals surface area contributed by atoms with E-state index in [4.69, 9.17) is 9.47 Å². The molecule has 0 aromatic carbocycles. The SMILES string of the molecule is C.C.C.C.CCOC(=O)C1CC(C(=O)OCC)C1. The third kappa shape index (κ3) is 6.62. The van der Waals surface area contributed by atoms with Crippen molar-refractivity contribution < 1.29 is 19.1 Å². The molecule has 0 N–H and O–H groups in total. The molecular weight excluding hydrogens is 232 g/mol. The fourth-order valence-corrected chi connectivity index (χ4v) is 1.52. The largest absolute Gasteiger partial charge is 0.466 e. The average molecular weight is 264 g/mol. The Morgan fingerprint density at radius 3 is 1.33 bits per heavy atom. The molecule has 0 unspecified atom stereocenters. The second kappa shape index (κ2) is 12.4. The summed E-state index contributed by atoms with van der Waals surface area (Å²) < 4.78 is 9.69. The van der Waals surface area contributed by atoms with Gasteiger partial charge >= 0.3 is 11.9 Å². The maximum absolute atomic E-state index is 11.2. The molecule has 1 saturated carbocycles. The van der Waals surface area contributed by atoms with Crippen molar-refractivity contribution in [2.45, 2.75) is 56.4 Å². The molecule has 112 valence electrons. The summed E-state index contributed by atoms with van der Waals surface area (Å²) in [6.07, 6.45) is 1.16. The fraction of sp³-hybridized carbons (Fsp3) is 0.857. The highest BCUT2D eigenvalue weighted by atomic mass is 16.5. The number of esters is 2. The van der Waals surface area contributed by atoms with Gasteiger partial charge in [0, 0.05) is 0 Å². The molecule has 0 aliphatic heterocycles. The van der Waals surface area contributed by atoms with Crippen LogP contribution in [0, 0.1) is 11.8 Å². The molecule has 0 radical (unpaired) electrons. The monoisotopic (exact) mass is 264 g/mol. The molecule has 4 heteroatoms. The summed E-state index contributed by atoms with van der Waals surface area (Å²) in [7, 11) is 0. The zero-order valence-corrected chi connectivity index (χ0v) is 8.62. The van der Waals surface area contributed by atoms with Crippen LogP contribution in [0.4, 0.5) is 0 Å². The molecule has 0 saturated heterocycles. The van der Waals surface area contributed by atoms with Gasteiger partial charge in [-0.25, -0.2) is 0 Å². The lowest BCUT2D eigenvalue weighted by molar-refractivity contribution is -0.161. The van der Waals surface area contributed by atoms with Crippen LogP contribution < -0.4 is 0 Å². The molecule has 0 spiro atoms. The summed E-state index contributed by atoms with van der Waals surface area (Å²) in [5, 5.41) is 0. The predicted molar refractivity (Wildman–Crippen MR) is 76.4 cm³/mol. The zero-order valence-electron chi connectivity index (χ0n) is 8.62. The van der Waals surface area contributed by atoms with Gasteiger partial charge in [0.05, 0.1) is 25.0 Å². The molecule has 0 heterocycles. The topological polar surface area (TPSA) is 52.6 Å². The third-order valence-corrected chi connectivity index (χ3v) is 2.38. The van der Waals surface area contributed by atoms with E-state index in [1.54, 1.807) is 13.8 Å². The van der Waals surface area contributed by atoms with Crippen LogP contribution in [0.15, 0.2) is 0 Å². The standard InChI is InChI=1S/C10H16O4.4CH4/c1-3-13-9(11)7-5-8(6-7)10(12)14-4-2;;;;/h7-8H,3-6H2,1-2H3;4*1H4. The number of hydrogen-bond donors (Lipinski definition) is 0. The van der Waals surface area contributed by atoms with Crippen LogP contribution in [-0.4, -0.2) is 25.2 Å². The van der Waals surface area contributed by atoms with Crippen molar-refractivity contribution in [1.82, 2.24) is 0 Å². The maximum Gasteiger partial charge on any atom is 0.308 e. The zero-order chi connectivity index (χ0) is 10.6. The van der Waals surface area contributed by atoms with E-state index >= 15 is 0 Å². The Morgan fingerprint density at radius 1 is 0.833 bits per heavy atom. The van der Waals surface area contributed by atoms with E-state index in [1.807, 2.05) is 0 Å². The first kappa shape index (κ1) is 25.7. The second-order valence-electron chi connectivity index (χ2n) is 3.37. The van der Waals surface area contributed by atoms with Crippen LogP contribution in [0.5, 0.6) is 0 Å². The van der Waals surface area contributed by atoms with Crippen molar-refractivity contribution in [2.75, 3.05) is 13.2 Å². The molecule has 1 aliphatic rings. The smallest absolute Gasteiger partial charge is 0.308 e. The van der Waals surface area contributed by atoms with Gasteiger partial charge in [0.1, 0.15) is 0 Å². The summed E-state index contributed by atoms with van der Waals surface area (Å²) >= 11 is 0. The molecule has 0 atom stereocenters. The Balaban J connectivity index is -0.000000245. The Bertz CT molecular complexity index is 198. The number of ether oxygens (including phenoxy) is 2. The van der Waals surface area contributed by atoms with Crippen molar-refractivity contribution in [2.24, 2.45) is 11.8 Å². The first-order chi connectivity index (χ1) is 6.69. The van der Waals surface area contributed by atoms with Gasteiger partial charge in [-0.15, -0.1) is 0 Å². The maximum atomic E-state index is 11.2. The highest BCUT2D eigenvalue weighted by molar-refractivity contribution is 5.80. The normalized spacial score (nSPS) is 19.4. The average Bonchev–Trinajstić information content (AvgIpc) is 2.02. The highest BCUT2D eigenvalue weighted by Crippen LogP contribution is 2.35. The third-order valence-electron chi connectivity index (χ3n) is 2.38. The Kier molecular flexibility index (Phi) is 17.7. The minimum atomic E-state index is -0.187. The van der Waals surface area contributed by atoms with Gasteiger partial charge in [-0.2, -0.15) is 0 Å². The van der Waals surface area contributed by atoms with Gasteiger partial charge < -0.3 is 9.47 Å². The minimum Gasteiger partial charge on any atom is -0.466 e. The van der Waals surface area contributed by atoms with E-state index in [9.17, 15) is 9.59 Å². The first-order valence-corrected chi connectivity index (χ1v) is 5.02. The van der Waals surface area contributed by atoms with Crippen LogP contribution in [0.3, 0.4) is 0 Å². The van der Waals surface area contributed by atoms with E-state index in [0.29, 0.717) is 26.1 Å². The van der Waals surface area contributed by atoms with Gasteiger partial charge in [0.25, 0.3) is 0 Å². The molecule has 1 rings (SSSR count). The van der Waals surface area contributed by atoms with Crippen molar-refractivity contribution >= 4 is 11.9 Å². The van der Waals surface area contributed by atoms with Gasteiger partial charge in [-0.05, 0) is 26.7 Å². The van der Waals surface area contributed by atoms with Crippen molar-refractivity contribution in [3.05, 3.63) is 0 Å². The van der Waals surface area contributed by atoms with Gasteiger partial charge in [0.15, 0.2) is 0 Å². The lowest BCUT2D eigenvalue weighted by Crippen LogP contribution is -2.37. The lowest BCUT2D eigenvalue weighted by Gasteiger charge is -2.31. The molecule has 4 nitrogen and oxygen atoms in total. The van der Waals surface area contributed by atoms with E-state index in [2.05, 4.69) is 0 Å². The van der Waals surface area contributed by atoms with Crippen molar-refractivity contribution in [3.8, 4) is 0 Å². The van der Waals surface area contributed by atoms with Gasteiger partial charge in [0.2, 0.25) is 0 Å². The quantitative estimate of drug-likeness (QED) is 0.727. The molecule has 0 amide bonds. The number of rotatable bonds is 4. The van der Waals surface area contributed by atoms with Crippen LogP contribution in [0.1, 0.15) is 56.4 Å². The molecule has 1 fully saturated rings. The number of carbonyl (C=O) groups is 2. The summed E-state index contributed by atoms with van der Waals surface area (Å²) in [5.74, 6) is -0.560. The minimum absolute atomic E-state index is 0. The Morgan fingerprint density at radius 2 is 1.11 bits per heavy atom. The van der Waals surface area contributed by atoms with E-state index in [-0.39, 0.29) is 53.5 Å². The molecule has 0 aromatic rings. The molecule has 1 aliphatic carbocycles. The van der Waals surface area contributed by atoms with Crippen molar-refractivity contribution in [3.63, 3.8) is 0 Å². The lowest BCUT2D eigenvalue weighted by atomic mass is 9.75. The molecule has 0 bridgehead atoms.